The quantitative estimate of drug-likeness (QED) is 0.264. The monoisotopic (exact) mass is 362 g/mol. The lowest BCUT2D eigenvalue weighted by molar-refractivity contribution is -0.384. The van der Waals surface area contributed by atoms with Crippen LogP contribution < -0.4 is 0 Å². The molecule has 130 valence electrons. The number of allylic oxidation sites excluding steroid dienone is 1. The lowest BCUT2D eigenvalue weighted by Gasteiger charge is -2.14. The predicted molar refractivity (Wildman–Crippen MR) is 92.7 cm³/mol. The van der Waals surface area contributed by atoms with E-state index in [0.29, 0.717) is 5.70 Å². The molecule has 8 heteroatoms. The number of nitro benzene ring substituents is 1. The molecule has 0 saturated carbocycles. The molecule has 0 aromatic heterocycles. The van der Waals surface area contributed by atoms with E-state index in [9.17, 15) is 19.7 Å². The first-order valence-corrected chi connectivity index (χ1v) is 7.57. The van der Waals surface area contributed by atoms with Crippen LogP contribution in [0.25, 0.3) is 6.08 Å². The molecule has 0 aliphatic carbocycles. The molecule has 0 N–H and O–H groups in total. The Balaban J connectivity index is 2.63. The normalized spacial score (nSPS) is 15.7. The Morgan fingerprint density at radius 1 is 1.48 bits per heavy atom. The van der Waals surface area contributed by atoms with E-state index >= 15 is 0 Å². The molecule has 0 fully saturated rings. The zero-order valence-corrected chi connectivity index (χ0v) is 14.4. The second kappa shape index (κ2) is 7.31. The minimum atomic E-state index is -0.676. The number of methoxy groups -OCH3 is 1. The summed E-state index contributed by atoms with van der Waals surface area (Å²) in [5.74, 6) is -1.11. The Hall–Kier alpha value is -2.93. The van der Waals surface area contributed by atoms with E-state index in [2.05, 4.69) is 6.58 Å². The molecule has 0 bridgehead atoms. The lowest BCUT2D eigenvalue weighted by atomic mass is 10.0. The van der Waals surface area contributed by atoms with Gasteiger partial charge in [0, 0.05) is 35.0 Å². The number of esters is 1. The number of hydrogen-bond donors (Lipinski definition) is 0. The summed E-state index contributed by atoms with van der Waals surface area (Å²) in [6, 6.07) is 3.86. The average Bonchev–Trinajstić information content (AvgIpc) is 2.80. The van der Waals surface area contributed by atoms with Crippen LogP contribution in [0.1, 0.15) is 12.5 Å². The van der Waals surface area contributed by atoms with Crippen LogP contribution in [0.15, 0.2) is 47.7 Å². The fourth-order valence-electron chi connectivity index (χ4n) is 2.49. The Morgan fingerprint density at radius 2 is 2.16 bits per heavy atom. The van der Waals surface area contributed by atoms with E-state index in [1.807, 2.05) is 0 Å². The van der Waals surface area contributed by atoms with Crippen LogP contribution in [0.4, 0.5) is 5.69 Å². The zero-order valence-electron chi connectivity index (χ0n) is 13.6. The number of ether oxygens (including phenoxy) is 1. The molecule has 1 aliphatic rings. The first-order valence-electron chi connectivity index (χ1n) is 7.19. The van der Waals surface area contributed by atoms with Crippen LogP contribution in [0.5, 0.6) is 0 Å². The molecule has 25 heavy (non-hydrogen) atoms. The van der Waals surface area contributed by atoms with Crippen molar-refractivity contribution < 1.29 is 19.2 Å². The first kappa shape index (κ1) is 18.4. The summed E-state index contributed by atoms with van der Waals surface area (Å²) in [5, 5.41) is 11.2. The van der Waals surface area contributed by atoms with E-state index in [4.69, 9.17) is 16.3 Å². The van der Waals surface area contributed by atoms with Crippen LogP contribution in [0.3, 0.4) is 0 Å². The van der Waals surface area contributed by atoms with Crippen molar-refractivity contribution in [2.24, 2.45) is 0 Å². The first-order chi connectivity index (χ1) is 11.8. The number of halogens is 1. The SMILES string of the molecule is C=CCN1C(=O)/C(=C\c2cc([N+](=O)[O-])ccc2Cl)C(C(=O)OC)=C1C. The van der Waals surface area contributed by atoms with Crippen LogP contribution >= 0.6 is 11.6 Å². The maximum absolute atomic E-state index is 12.7. The van der Waals surface area contributed by atoms with Gasteiger partial charge >= 0.3 is 5.97 Å². The Bertz CT molecular complexity index is 841. The highest BCUT2D eigenvalue weighted by molar-refractivity contribution is 6.32. The molecule has 1 amide bonds. The number of rotatable bonds is 5. The number of nitrogens with zero attached hydrogens (tertiary/aromatic N) is 2. The smallest absolute Gasteiger partial charge is 0.340 e. The summed E-state index contributed by atoms with van der Waals surface area (Å²) >= 11 is 6.08. The molecule has 1 aliphatic heterocycles. The number of amides is 1. The molecule has 0 atom stereocenters. The summed E-state index contributed by atoms with van der Waals surface area (Å²) in [6.45, 7) is 5.42. The van der Waals surface area contributed by atoms with Crippen LogP contribution in [-0.2, 0) is 14.3 Å². The standard InChI is InChI=1S/C17H15ClN2O5/c1-4-7-19-10(2)15(17(22)25-3)13(16(19)21)9-11-8-12(20(23)24)5-6-14(11)18/h4-6,8-9H,1,7H2,2-3H3/b13-9-. The van der Waals surface area contributed by atoms with Crippen molar-refractivity contribution in [3.63, 3.8) is 0 Å². The molecule has 0 spiro atoms. The number of non-ortho nitro benzene ring substituents is 1. The third-order valence-electron chi connectivity index (χ3n) is 3.70. The Morgan fingerprint density at radius 3 is 2.72 bits per heavy atom. The van der Waals surface area contributed by atoms with E-state index in [0.717, 1.165) is 0 Å². The topological polar surface area (TPSA) is 89.8 Å². The van der Waals surface area contributed by atoms with Gasteiger partial charge in [0.05, 0.1) is 23.2 Å². The zero-order chi connectivity index (χ0) is 18.7. The van der Waals surface area contributed by atoms with Gasteiger partial charge in [0.2, 0.25) is 0 Å². The molecule has 0 radical (unpaired) electrons. The molecule has 2 rings (SSSR count). The average molecular weight is 363 g/mol. The van der Waals surface area contributed by atoms with Crippen molar-refractivity contribution in [1.29, 1.82) is 0 Å². The minimum Gasteiger partial charge on any atom is -0.465 e. The summed E-state index contributed by atoms with van der Waals surface area (Å²) < 4.78 is 4.76. The van der Waals surface area contributed by atoms with Crippen molar-refractivity contribution in [3.05, 3.63) is 68.4 Å². The molecule has 1 heterocycles. The van der Waals surface area contributed by atoms with Gasteiger partial charge in [0.25, 0.3) is 11.6 Å². The van der Waals surface area contributed by atoms with Gasteiger partial charge in [-0.1, -0.05) is 17.7 Å². The fraction of sp³-hybridized carbons (Fsp3) is 0.176. The highest BCUT2D eigenvalue weighted by atomic mass is 35.5. The third kappa shape index (κ3) is 3.46. The van der Waals surface area contributed by atoms with Gasteiger partial charge in [-0.05, 0) is 19.1 Å². The van der Waals surface area contributed by atoms with Gasteiger partial charge in [-0.3, -0.25) is 14.9 Å². The molecule has 1 aromatic carbocycles. The van der Waals surface area contributed by atoms with E-state index in [-0.39, 0.29) is 34.0 Å². The van der Waals surface area contributed by atoms with E-state index in [1.165, 1.54) is 42.4 Å². The second-order valence-electron chi connectivity index (χ2n) is 5.18. The van der Waals surface area contributed by atoms with E-state index < -0.39 is 16.8 Å². The summed E-state index contributed by atoms with van der Waals surface area (Å²) in [4.78, 5) is 36.5. The third-order valence-corrected chi connectivity index (χ3v) is 4.05. The maximum Gasteiger partial charge on any atom is 0.340 e. The summed E-state index contributed by atoms with van der Waals surface area (Å²) in [5.41, 5.74) is 0.661. The van der Waals surface area contributed by atoms with E-state index in [1.54, 1.807) is 6.92 Å². The molecule has 1 aromatic rings. The van der Waals surface area contributed by atoms with Gasteiger partial charge in [-0.25, -0.2) is 4.79 Å². The molecule has 0 saturated heterocycles. The second-order valence-corrected chi connectivity index (χ2v) is 5.58. The van der Waals surface area contributed by atoms with Crippen LogP contribution in [0, 0.1) is 10.1 Å². The minimum absolute atomic E-state index is 0.0635. The van der Waals surface area contributed by atoms with Crippen molar-refractivity contribution in [3.8, 4) is 0 Å². The van der Waals surface area contributed by atoms with Gasteiger partial charge < -0.3 is 9.64 Å². The fourth-order valence-corrected chi connectivity index (χ4v) is 2.66. The largest absolute Gasteiger partial charge is 0.465 e. The number of nitro groups is 1. The number of hydrogen-bond acceptors (Lipinski definition) is 5. The van der Waals surface area contributed by atoms with Crippen molar-refractivity contribution >= 4 is 35.2 Å². The Kier molecular flexibility index (Phi) is 5.38. The number of carbonyl (C=O) groups excluding carboxylic acids is 2. The molecule has 7 nitrogen and oxygen atoms in total. The molecular weight excluding hydrogens is 348 g/mol. The van der Waals surface area contributed by atoms with Crippen molar-refractivity contribution in [1.82, 2.24) is 4.90 Å². The van der Waals surface area contributed by atoms with Gasteiger partial charge in [-0.2, -0.15) is 0 Å². The highest BCUT2D eigenvalue weighted by Gasteiger charge is 2.36. The van der Waals surface area contributed by atoms with Gasteiger partial charge in [0.15, 0.2) is 0 Å². The van der Waals surface area contributed by atoms with Crippen molar-refractivity contribution in [2.45, 2.75) is 6.92 Å². The molecule has 0 unspecified atom stereocenters. The maximum atomic E-state index is 12.7. The van der Waals surface area contributed by atoms with Crippen LogP contribution in [0.2, 0.25) is 5.02 Å². The lowest BCUT2D eigenvalue weighted by Crippen LogP contribution is -2.25. The highest BCUT2D eigenvalue weighted by Crippen LogP contribution is 2.33. The Labute approximate surface area is 149 Å². The number of benzene rings is 1. The van der Waals surface area contributed by atoms with Gasteiger partial charge in [0.1, 0.15) is 0 Å². The predicted octanol–water partition coefficient (Wildman–Crippen LogP) is 3.11. The summed E-state index contributed by atoms with van der Waals surface area (Å²) in [7, 11) is 1.21. The molecular formula is C17H15ClN2O5. The number of carbonyl (C=O) groups is 2. The van der Waals surface area contributed by atoms with Gasteiger partial charge in [-0.15, -0.1) is 6.58 Å². The van der Waals surface area contributed by atoms with Crippen LogP contribution in [-0.4, -0.2) is 35.4 Å². The summed E-state index contributed by atoms with van der Waals surface area (Å²) in [6.07, 6.45) is 2.89. The van der Waals surface area contributed by atoms with Crippen molar-refractivity contribution in [2.75, 3.05) is 13.7 Å².